The highest BCUT2D eigenvalue weighted by Crippen LogP contribution is 2.32. The normalized spacial score (nSPS) is 10.7. The Kier molecular flexibility index (Phi) is 6.84. The van der Waals surface area contributed by atoms with Gasteiger partial charge < -0.3 is 10.1 Å². The van der Waals surface area contributed by atoms with E-state index in [-0.39, 0.29) is 0 Å². The first-order valence-corrected chi connectivity index (χ1v) is 8.30. The van der Waals surface area contributed by atoms with Crippen LogP contribution >= 0.6 is 34.8 Å². The average molecular weight is 359 g/mol. The SMILES string of the molecule is CCCOc1c(Cl)cc(Cl)cc1CNCc1ccccc1Cl. The second kappa shape index (κ2) is 8.64. The van der Waals surface area contributed by atoms with Crippen molar-refractivity contribution >= 4 is 34.8 Å². The van der Waals surface area contributed by atoms with Crippen LogP contribution in [0.3, 0.4) is 0 Å². The predicted molar refractivity (Wildman–Crippen MR) is 94.2 cm³/mol. The standard InChI is InChI=1S/C17H18Cl3NO/c1-2-7-22-17-13(8-14(18)9-16(17)20)11-21-10-12-5-3-4-6-15(12)19/h3-6,8-9,21H,2,7,10-11H2,1H3. The molecule has 0 aliphatic carbocycles. The zero-order chi connectivity index (χ0) is 15.9. The van der Waals surface area contributed by atoms with Crippen molar-refractivity contribution in [1.82, 2.24) is 5.32 Å². The Morgan fingerprint density at radius 2 is 1.68 bits per heavy atom. The molecule has 22 heavy (non-hydrogen) atoms. The molecule has 2 nitrogen and oxygen atoms in total. The molecule has 0 atom stereocenters. The quantitative estimate of drug-likeness (QED) is 0.683. The van der Waals surface area contributed by atoms with Gasteiger partial charge in [0, 0.05) is 28.7 Å². The molecule has 0 amide bonds. The van der Waals surface area contributed by atoms with Gasteiger partial charge in [-0.15, -0.1) is 0 Å². The van der Waals surface area contributed by atoms with Gasteiger partial charge in [0.05, 0.1) is 11.6 Å². The third-order valence-electron chi connectivity index (χ3n) is 3.12. The van der Waals surface area contributed by atoms with Gasteiger partial charge in [0.15, 0.2) is 0 Å². The first-order valence-electron chi connectivity index (χ1n) is 7.16. The summed E-state index contributed by atoms with van der Waals surface area (Å²) in [4.78, 5) is 0. The summed E-state index contributed by atoms with van der Waals surface area (Å²) in [5, 5.41) is 5.24. The van der Waals surface area contributed by atoms with Gasteiger partial charge in [0.25, 0.3) is 0 Å². The minimum Gasteiger partial charge on any atom is -0.492 e. The van der Waals surface area contributed by atoms with Gasteiger partial charge in [-0.05, 0) is 30.2 Å². The molecular formula is C17H18Cl3NO. The Balaban J connectivity index is 2.06. The molecule has 0 radical (unpaired) electrons. The Morgan fingerprint density at radius 3 is 2.41 bits per heavy atom. The van der Waals surface area contributed by atoms with Crippen molar-refractivity contribution in [3.63, 3.8) is 0 Å². The molecule has 2 rings (SSSR count). The van der Waals surface area contributed by atoms with Crippen LogP contribution in [0.2, 0.25) is 15.1 Å². The van der Waals surface area contributed by atoms with E-state index in [1.807, 2.05) is 30.3 Å². The molecule has 0 saturated carbocycles. The van der Waals surface area contributed by atoms with Crippen LogP contribution in [-0.2, 0) is 13.1 Å². The number of hydrogen-bond donors (Lipinski definition) is 1. The smallest absolute Gasteiger partial charge is 0.142 e. The third kappa shape index (κ3) is 4.79. The van der Waals surface area contributed by atoms with Crippen LogP contribution in [0.15, 0.2) is 36.4 Å². The van der Waals surface area contributed by atoms with E-state index in [4.69, 9.17) is 39.5 Å². The van der Waals surface area contributed by atoms with Gasteiger partial charge in [-0.1, -0.05) is 59.9 Å². The Hall–Kier alpha value is -0.930. The highest BCUT2D eigenvalue weighted by Gasteiger charge is 2.11. The predicted octanol–water partition coefficient (Wildman–Crippen LogP) is 5.73. The number of ether oxygens (including phenoxy) is 1. The van der Waals surface area contributed by atoms with E-state index in [0.717, 1.165) is 22.6 Å². The molecule has 0 aliphatic heterocycles. The number of benzene rings is 2. The summed E-state index contributed by atoms with van der Waals surface area (Å²) in [5.41, 5.74) is 1.99. The van der Waals surface area contributed by atoms with E-state index in [1.54, 1.807) is 6.07 Å². The number of nitrogens with one attached hydrogen (secondary N) is 1. The van der Waals surface area contributed by atoms with E-state index >= 15 is 0 Å². The monoisotopic (exact) mass is 357 g/mol. The molecule has 0 aromatic heterocycles. The lowest BCUT2D eigenvalue weighted by atomic mass is 10.1. The van der Waals surface area contributed by atoms with E-state index in [9.17, 15) is 0 Å². The number of hydrogen-bond acceptors (Lipinski definition) is 2. The van der Waals surface area contributed by atoms with Gasteiger partial charge in [-0.2, -0.15) is 0 Å². The van der Waals surface area contributed by atoms with Crippen molar-refractivity contribution < 1.29 is 4.74 Å². The van der Waals surface area contributed by atoms with Gasteiger partial charge in [-0.25, -0.2) is 0 Å². The van der Waals surface area contributed by atoms with Crippen molar-refractivity contribution in [3.05, 3.63) is 62.6 Å². The molecule has 0 fully saturated rings. The molecule has 118 valence electrons. The van der Waals surface area contributed by atoms with Crippen molar-refractivity contribution in [2.24, 2.45) is 0 Å². The molecule has 5 heteroatoms. The molecule has 2 aromatic rings. The highest BCUT2D eigenvalue weighted by molar-refractivity contribution is 6.35. The zero-order valence-corrected chi connectivity index (χ0v) is 14.6. The lowest BCUT2D eigenvalue weighted by Crippen LogP contribution is -2.14. The lowest BCUT2D eigenvalue weighted by Gasteiger charge is -2.14. The molecular weight excluding hydrogens is 341 g/mol. The summed E-state index contributed by atoms with van der Waals surface area (Å²) < 4.78 is 5.74. The topological polar surface area (TPSA) is 21.3 Å². The molecule has 1 N–H and O–H groups in total. The summed E-state index contributed by atoms with van der Waals surface area (Å²) in [6, 6.07) is 11.3. The van der Waals surface area contributed by atoms with Crippen LogP contribution in [-0.4, -0.2) is 6.61 Å². The zero-order valence-electron chi connectivity index (χ0n) is 12.3. The van der Waals surface area contributed by atoms with E-state index in [2.05, 4.69) is 12.2 Å². The maximum atomic E-state index is 6.23. The number of rotatable bonds is 7. The van der Waals surface area contributed by atoms with Crippen LogP contribution in [0.1, 0.15) is 24.5 Å². The lowest BCUT2D eigenvalue weighted by molar-refractivity contribution is 0.313. The fraction of sp³-hybridized carbons (Fsp3) is 0.294. The molecule has 0 unspecified atom stereocenters. The summed E-state index contributed by atoms with van der Waals surface area (Å²) >= 11 is 18.5. The summed E-state index contributed by atoms with van der Waals surface area (Å²) in [6.07, 6.45) is 0.922. The molecule has 0 spiro atoms. The maximum absolute atomic E-state index is 6.23. The van der Waals surface area contributed by atoms with Crippen LogP contribution in [0.4, 0.5) is 0 Å². The number of halogens is 3. The molecule has 0 saturated heterocycles. The summed E-state index contributed by atoms with van der Waals surface area (Å²) in [6.45, 7) is 3.94. The molecule has 0 bridgehead atoms. The van der Waals surface area contributed by atoms with Crippen molar-refractivity contribution in [3.8, 4) is 5.75 Å². The Labute approximate surface area is 146 Å². The molecule has 0 heterocycles. The van der Waals surface area contributed by atoms with Gasteiger partial charge in [-0.3, -0.25) is 0 Å². The molecule has 2 aromatic carbocycles. The van der Waals surface area contributed by atoms with Gasteiger partial charge >= 0.3 is 0 Å². The second-order valence-electron chi connectivity index (χ2n) is 4.92. The van der Waals surface area contributed by atoms with E-state index in [0.29, 0.717) is 35.5 Å². The third-order valence-corrected chi connectivity index (χ3v) is 3.99. The minimum atomic E-state index is 0.537. The van der Waals surface area contributed by atoms with Crippen LogP contribution in [0.25, 0.3) is 0 Å². The summed E-state index contributed by atoms with van der Waals surface area (Å²) in [5.74, 6) is 0.694. The van der Waals surface area contributed by atoms with Crippen LogP contribution < -0.4 is 10.1 Å². The van der Waals surface area contributed by atoms with E-state index in [1.165, 1.54) is 0 Å². The Bertz CT molecular complexity index is 631. The minimum absolute atomic E-state index is 0.537. The first kappa shape index (κ1) is 17.4. The Morgan fingerprint density at radius 1 is 0.955 bits per heavy atom. The highest BCUT2D eigenvalue weighted by atomic mass is 35.5. The first-order chi connectivity index (χ1) is 10.6. The van der Waals surface area contributed by atoms with Crippen LogP contribution in [0.5, 0.6) is 5.75 Å². The average Bonchev–Trinajstić information content (AvgIpc) is 2.48. The fourth-order valence-electron chi connectivity index (χ4n) is 2.08. The second-order valence-corrected chi connectivity index (χ2v) is 6.17. The summed E-state index contributed by atoms with van der Waals surface area (Å²) in [7, 11) is 0. The fourth-order valence-corrected chi connectivity index (χ4v) is 2.88. The van der Waals surface area contributed by atoms with Crippen molar-refractivity contribution in [2.45, 2.75) is 26.4 Å². The van der Waals surface area contributed by atoms with Crippen molar-refractivity contribution in [1.29, 1.82) is 0 Å². The largest absolute Gasteiger partial charge is 0.492 e. The van der Waals surface area contributed by atoms with Crippen molar-refractivity contribution in [2.75, 3.05) is 6.61 Å². The van der Waals surface area contributed by atoms with Gasteiger partial charge in [0.1, 0.15) is 5.75 Å². The van der Waals surface area contributed by atoms with Crippen LogP contribution in [0, 0.1) is 0 Å². The molecule has 0 aliphatic rings. The van der Waals surface area contributed by atoms with E-state index < -0.39 is 0 Å². The maximum Gasteiger partial charge on any atom is 0.142 e. The van der Waals surface area contributed by atoms with Gasteiger partial charge in [0.2, 0.25) is 0 Å².